The molecule has 0 rings (SSSR count). The predicted molar refractivity (Wildman–Crippen MR) is 288 cm³/mol. The molecule has 0 aliphatic rings. The average molecular weight is 1330 g/mol. The Morgan fingerprint density at radius 1 is 0.618 bits per heavy atom. The van der Waals surface area contributed by atoms with Gasteiger partial charge in [0.05, 0.1) is 21.3 Å². The molecule has 0 aliphatic carbocycles. The summed E-state index contributed by atoms with van der Waals surface area (Å²) in [6.45, 7) is 41.3. The Bertz CT molecular complexity index is 1530. The summed E-state index contributed by atoms with van der Waals surface area (Å²) in [4.78, 5) is 68.9. The van der Waals surface area contributed by atoms with Crippen molar-refractivity contribution in [2.45, 2.75) is 179 Å². The van der Waals surface area contributed by atoms with Crippen LogP contribution in [-0.4, -0.2) is 110 Å². The van der Waals surface area contributed by atoms with Crippen molar-refractivity contribution in [1.29, 1.82) is 0 Å². The second-order valence-corrected chi connectivity index (χ2v) is 20.1. The van der Waals surface area contributed by atoms with Crippen molar-refractivity contribution in [2.75, 3.05) is 39.2 Å². The third-order valence-corrected chi connectivity index (χ3v) is 8.96. The molecule has 0 saturated heterocycles. The van der Waals surface area contributed by atoms with Crippen molar-refractivity contribution < 1.29 is 86.2 Å². The third-order valence-electron chi connectivity index (χ3n) is 8.12. The second kappa shape index (κ2) is 44.3. The van der Waals surface area contributed by atoms with Crippen LogP contribution in [0.4, 0.5) is 14.4 Å². The maximum absolute atomic E-state index is 11.8. The molecule has 0 fully saturated rings. The minimum absolute atomic E-state index is 0.298. The Balaban J connectivity index is -0.000000145. The summed E-state index contributed by atoms with van der Waals surface area (Å²) >= 11 is 15.2. The molecule has 0 spiro atoms. The van der Waals surface area contributed by atoms with Gasteiger partial charge in [-0.15, -0.1) is 0 Å². The van der Waals surface area contributed by atoms with Gasteiger partial charge in [-0.25, -0.2) is 24.0 Å². The molecule has 0 aliphatic heterocycles. The molecular weight excluding hydrogens is 1250 g/mol. The molecule has 21 heteroatoms. The number of thioether (sulfide) groups is 1. The van der Waals surface area contributed by atoms with Crippen LogP contribution in [-0.2, 0) is 71.8 Å². The van der Waals surface area contributed by atoms with E-state index in [9.17, 15) is 28.8 Å². The molecule has 3 atom stereocenters. The van der Waals surface area contributed by atoms with Crippen molar-refractivity contribution in [3.63, 3.8) is 0 Å². The molecule has 0 radical (unpaired) electrons. The van der Waals surface area contributed by atoms with Crippen molar-refractivity contribution >= 4 is 97.7 Å². The molecule has 15 nitrogen and oxygen atoms in total. The normalized spacial score (nSPS) is 11.6. The van der Waals surface area contributed by atoms with Crippen LogP contribution in [0.3, 0.4) is 0 Å². The van der Waals surface area contributed by atoms with E-state index in [0.717, 1.165) is 17.3 Å². The van der Waals surface area contributed by atoms with Gasteiger partial charge in [0.2, 0.25) is 0 Å². The molecule has 0 aromatic rings. The summed E-state index contributed by atoms with van der Waals surface area (Å²) in [5, 5.41) is 8.37. The van der Waals surface area contributed by atoms with Crippen molar-refractivity contribution in [3.05, 3.63) is 41.4 Å². The van der Waals surface area contributed by atoms with Gasteiger partial charge in [0.15, 0.2) is 0 Å². The van der Waals surface area contributed by atoms with E-state index in [1.165, 1.54) is 58.4 Å². The number of hydrogen-bond donors (Lipinski definition) is 3. The Morgan fingerprint density at radius 2 is 0.912 bits per heavy atom. The number of allylic oxidation sites excluding steroid dienone is 5. The monoisotopic (exact) mass is 1330 g/mol. The average Bonchev–Trinajstić information content (AvgIpc) is 3.20. The molecule has 402 valence electrons. The first-order valence-corrected chi connectivity index (χ1v) is 35.3. The maximum atomic E-state index is 11.8. The molecule has 0 aromatic carbocycles. The number of alkyl halides is 1. The topological polar surface area (TPSA) is 194 Å². The summed E-state index contributed by atoms with van der Waals surface area (Å²) in [6.07, 6.45) is 3.76. The first-order valence-electron chi connectivity index (χ1n) is 21.1. The molecule has 0 saturated carbocycles. The number of halogens is 3. The van der Waals surface area contributed by atoms with Crippen molar-refractivity contribution in [1.82, 2.24) is 16.0 Å². The molecule has 0 unspecified atom stereocenters. The van der Waals surface area contributed by atoms with Gasteiger partial charge in [-0.3, -0.25) is 4.79 Å². The minimum atomic E-state index is -0.949. The zero-order chi connectivity index (χ0) is 56.0. The second-order valence-electron chi connectivity index (χ2n) is 18.7. The van der Waals surface area contributed by atoms with Crippen LogP contribution in [0.25, 0.3) is 0 Å². The van der Waals surface area contributed by atoms with Gasteiger partial charge < -0.3 is 51.3 Å². The first-order chi connectivity index (χ1) is 30.8. The Hall–Kier alpha value is -1.38. The number of rotatable bonds is 13. The van der Waals surface area contributed by atoms with E-state index in [2.05, 4.69) is 119 Å². The predicted octanol–water partition coefficient (Wildman–Crippen LogP) is 12.6. The van der Waals surface area contributed by atoms with E-state index in [0.29, 0.717) is 12.8 Å². The number of ether oxygens (including phenoxy) is 6. The Labute approximate surface area is 460 Å². The van der Waals surface area contributed by atoms with Crippen LogP contribution >= 0.6 is 61.6 Å². The van der Waals surface area contributed by atoms with Crippen LogP contribution in [0.15, 0.2) is 34.4 Å². The molecule has 0 bridgehead atoms. The fourth-order valence-corrected chi connectivity index (χ4v) is 4.27. The quantitative estimate of drug-likeness (QED) is 0.0300. The molecule has 68 heavy (non-hydrogen) atoms. The summed E-state index contributed by atoms with van der Waals surface area (Å²) in [5.41, 5.74) is 4.08. The number of hydrogen-bond acceptors (Lipinski definition) is 13. The number of carbonyl (C=O) groups is 6. The molecular formula is C47H87Br2CuIN3O12SZn. The third kappa shape index (κ3) is 54.0. The Morgan fingerprint density at radius 3 is 1.16 bits per heavy atom. The molecule has 3 N–H and O–H groups in total. The van der Waals surface area contributed by atoms with Gasteiger partial charge in [0.1, 0.15) is 28.9 Å². The standard InChI is InChI=1S/2C15H27NO4.C9H16NO4.C6H11Br.C2H6S.BrH.Cu.HI.Zn/c1-10(2)15(6,7)9-11(12(17)19-8)16-13(18)20-14(3,4)5;1-10(2)11(3)8-9-12(13(17)19-7)16-14(18)20-15(4,5)6;1-6(7(11)13-5)10-8(12)14-9(2,3)4;1-5(2)6(3)4-7;1-3-2;;;;/h11H,1,9H2,2-8H3,(H,16,18);12H,8-9H2,1-7H3,(H,16,18);6H,1H2,2-5H3,(H,10,12);4H2,1-3H3;1-2H3;1H;;1H;/q;;-1;;;;+1;;+2/p-2/t11-;12-;6-;;;;;;/m000....../s1. The summed E-state index contributed by atoms with van der Waals surface area (Å²) in [6, 6.07) is -2.40. The van der Waals surface area contributed by atoms with Crippen molar-refractivity contribution in [3.8, 4) is 0 Å². The van der Waals surface area contributed by atoms with Crippen LogP contribution in [0.2, 0.25) is 0 Å². The Kier molecular flexibility index (Phi) is 52.6. The number of amides is 3. The fourth-order valence-electron chi connectivity index (χ4n) is 3.71. The van der Waals surface area contributed by atoms with E-state index < -0.39 is 71.1 Å². The van der Waals surface area contributed by atoms with Gasteiger partial charge in [-0.05, 0) is 148 Å². The zero-order valence-electron chi connectivity index (χ0n) is 45.4. The van der Waals surface area contributed by atoms with Crippen LogP contribution < -0.4 is 16.0 Å². The van der Waals surface area contributed by atoms with Crippen LogP contribution in [0, 0.1) is 12.3 Å². The zero-order valence-corrected chi connectivity index (χ0v) is 55.5. The summed E-state index contributed by atoms with van der Waals surface area (Å²) < 4.78 is 29.0. The van der Waals surface area contributed by atoms with E-state index in [1.54, 1.807) is 74.1 Å². The van der Waals surface area contributed by atoms with E-state index >= 15 is 0 Å². The van der Waals surface area contributed by atoms with Gasteiger partial charge in [-0.2, -0.15) is 11.8 Å². The van der Waals surface area contributed by atoms with Crippen LogP contribution in [0.1, 0.15) is 144 Å². The number of methoxy groups -OCH3 is 3. The van der Waals surface area contributed by atoms with E-state index in [1.807, 2.05) is 54.1 Å². The van der Waals surface area contributed by atoms with Crippen molar-refractivity contribution in [2.24, 2.45) is 5.41 Å². The number of alkyl carbamates (subject to hydrolysis) is 3. The number of carbonyl (C=O) groups excluding carboxylic acids is 6. The van der Waals surface area contributed by atoms with Gasteiger partial charge in [-0.1, -0.05) is 64.2 Å². The molecule has 0 heterocycles. The number of esters is 3. The van der Waals surface area contributed by atoms with Gasteiger partial charge in [0.25, 0.3) is 5.97 Å². The fraction of sp³-hybridized carbons (Fsp3) is 0.723. The molecule has 0 aromatic heterocycles. The first kappa shape index (κ1) is 80.7. The van der Waals surface area contributed by atoms with E-state index in [4.69, 9.17) is 23.7 Å². The summed E-state index contributed by atoms with van der Waals surface area (Å²) in [5.74, 6) is -1.57. The molecule has 3 amide bonds. The van der Waals surface area contributed by atoms with Crippen LogP contribution in [0.5, 0.6) is 0 Å². The van der Waals surface area contributed by atoms with E-state index in [-0.39, 0.29) is 5.41 Å². The van der Waals surface area contributed by atoms with Gasteiger partial charge >= 0.3 is 93.1 Å². The summed E-state index contributed by atoms with van der Waals surface area (Å²) in [7, 11) is 3.82. The number of nitrogens with one attached hydrogen (secondary N) is 3. The van der Waals surface area contributed by atoms with Gasteiger partial charge in [0, 0.05) is 11.4 Å². The SMILES string of the molecule is C=C(C)C(C)(C)C[C@H](NC(=O)OC(C)(C)C)C(=O)OC.CC(C)=C(C)CBr.COC(=O)[C@H](CCC(C)=C(C)C)NC(=O)OC(C)(C)C.CSC.[CH2-][C@H](NC(=O)OC(C)(C)C)C(=O)OC.[Cu][Br].[Zn+][I].